The summed E-state index contributed by atoms with van der Waals surface area (Å²) in [6, 6.07) is 10.2. The minimum atomic E-state index is -0.649. The standard InChI is InChI=1S/C23H34N2O4/c1-4-29-22(28)23(15-8-12-19-10-6-5-7-11-19)16-9-17-25(18-23)21(27)14-13-20(26)24(2)3/h5-7,10-11H,4,8-9,12-18H2,1-3H3/t23-/m1/s1. The van der Waals surface area contributed by atoms with Crippen molar-refractivity contribution in [1.82, 2.24) is 9.80 Å². The Morgan fingerprint density at radius 3 is 2.52 bits per heavy atom. The molecule has 0 bridgehead atoms. The van der Waals surface area contributed by atoms with E-state index < -0.39 is 5.41 Å². The summed E-state index contributed by atoms with van der Waals surface area (Å²) in [5.41, 5.74) is 0.599. The number of carbonyl (C=O) groups excluding carboxylic acids is 3. The third-order valence-electron chi connectivity index (χ3n) is 5.65. The quantitative estimate of drug-likeness (QED) is 0.596. The van der Waals surface area contributed by atoms with Gasteiger partial charge in [-0.2, -0.15) is 0 Å². The number of benzene rings is 1. The van der Waals surface area contributed by atoms with E-state index in [0.29, 0.717) is 26.1 Å². The van der Waals surface area contributed by atoms with E-state index in [1.165, 1.54) is 10.5 Å². The molecule has 0 saturated carbocycles. The molecule has 1 aromatic carbocycles. The van der Waals surface area contributed by atoms with Crippen LogP contribution in [0.4, 0.5) is 0 Å². The lowest BCUT2D eigenvalue weighted by molar-refractivity contribution is -0.161. The van der Waals surface area contributed by atoms with Gasteiger partial charge in [-0.05, 0) is 44.6 Å². The molecule has 1 fully saturated rings. The molecule has 1 saturated heterocycles. The number of hydrogen-bond donors (Lipinski definition) is 0. The Morgan fingerprint density at radius 2 is 1.86 bits per heavy atom. The normalized spacial score (nSPS) is 18.9. The first-order valence-corrected chi connectivity index (χ1v) is 10.6. The van der Waals surface area contributed by atoms with Gasteiger partial charge in [-0.25, -0.2) is 0 Å². The number of piperidine rings is 1. The molecule has 0 radical (unpaired) electrons. The molecule has 160 valence electrons. The van der Waals surface area contributed by atoms with Crippen LogP contribution in [0.2, 0.25) is 0 Å². The van der Waals surface area contributed by atoms with Crippen molar-refractivity contribution < 1.29 is 19.1 Å². The van der Waals surface area contributed by atoms with Crippen molar-refractivity contribution in [1.29, 1.82) is 0 Å². The number of aryl methyl sites for hydroxylation is 1. The predicted molar refractivity (Wildman–Crippen MR) is 112 cm³/mol. The lowest BCUT2D eigenvalue weighted by Gasteiger charge is -2.41. The van der Waals surface area contributed by atoms with Gasteiger partial charge in [0.1, 0.15) is 0 Å². The number of rotatable bonds is 9. The third-order valence-corrected chi connectivity index (χ3v) is 5.65. The van der Waals surface area contributed by atoms with Crippen LogP contribution < -0.4 is 0 Å². The van der Waals surface area contributed by atoms with Crippen molar-refractivity contribution in [2.45, 2.75) is 51.9 Å². The molecule has 0 aliphatic carbocycles. The van der Waals surface area contributed by atoms with E-state index in [0.717, 1.165) is 25.7 Å². The maximum Gasteiger partial charge on any atom is 0.313 e. The molecule has 0 aromatic heterocycles. The van der Waals surface area contributed by atoms with Gasteiger partial charge in [0.15, 0.2) is 0 Å². The van der Waals surface area contributed by atoms with Crippen LogP contribution in [0.1, 0.15) is 51.0 Å². The van der Waals surface area contributed by atoms with Crippen LogP contribution in [0, 0.1) is 5.41 Å². The molecular weight excluding hydrogens is 368 g/mol. The molecule has 0 spiro atoms. The van der Waals surface area contributed by atoms with Gasteiger partial charge in [-0.15, -0.1) is 0 Å². The van der Waals surface area contributed by atoms with Crippen LogP contribution in [0.5, 0.6) is 0 Å². The molecular formula is C23H34N2O4. The van der Waals surface area contributed by atoms with Crippen LogP contribution in [0.25, 0.3) is 0 Å². The molecule has 1 aliphatic rings. The van der Waals surface area contributed by atoms with Crippen LogP contribution in [-0.2, 0) is 25.5 Å². The van der Waals surface area contributed by atoms with E-state index >= 15 is 0 Å². The van der Waals surface area contributed by atoms with Gasteiger partial charge < -0.3 is 14.5 Å². The molecule has 0 unspecified atom stereocenters. The van der Waals surface area contributed by atoms with Gasteiger partial charge in [0.2, 0.25) is 11.8 Å². The predicted octanol–water partition coefficient (Wildman–Crippen LogP) is 3.05. The van der Waals surface area contributed by atoms with Gasteiger partial charge in [0.05, 0.1) is 12.0 Å². The van der Waals surface area contributed by atoms with E-state index in [4.69, 9.17) is 4.74 Å². The van der Waals surface area contributed by atoms with E-state index in [9.17, 15) is 14.4 Å². The molecule has 1 aromatic rings. The van der Waals surface area contributed by atoms with Gasteiger partial charge in [-0.1, -0.05) is 30.3 Å². The zero-order valence-corrected chi connectivity index (χ0v) is 18.0. The molecule has 2 amide bonds. The Hall–Kier alpha value is -2.37. The summed E-state index contributed by atoms with van der Waals surface area (Å²) in [4.78, 5) is 40.6. The first-order chi connectivity index (χ1) is 13.9. The van der Waals surface area contributed by atoms with Crippen molar-refractivity contribution in [2.24, 2.45) is 5.41 Å². The van der Waals surface area contributed by atoms with Gasteiger partial charge >= 0.3 is 5.97 Å². The Balaban J connectivity index is 2.02. The SMILES string of the molecule is CCOC(=O)[C@]1(CCCc2ccccc2)CCCN(C(=O)CCC(=O)N(C)C)C1. The summed E-state index contributed by atoms with van der Waals surface area (Å²) >= 11 is 0. The van der Waals surface area contributed by atoms with Crippen molar-refractivity contribution in [2.75, 3.05) is 33.8 Å². The van der Waals surface area contributed by atoms with Crippen molar-refractivity contribution in [3.05, 3.63) is 35.9 Å². The molecule has 1 heterocycles. The second kappa shape index (κ2) is 11.0. The molecule has 29 heavy (non-hydrogen) atoms. The van der Waals surface area contributed by atoms with Gasteiger partial charge in [0.25, 0.3) is 0 Å². The molecule has 2 rings (SSSR count). The Kier molecular flexibility index (Phi) is 8.68. The minimum absolute atomic E-state index is 0.0587. The molecule has 0 N–H and O–H groups in total. The average Bonchev–Trinajstić information content (AvgIpc) is 2.72. The zero-order chi connectivity index (χ0) is 21.3. The minimum Gasteiger partial charge on any atom is -0.466 e. The number of hydrogen-bond acceptors (Lipinski definition) is 4. The Bertz CT molecular complexity index is 689. The highest BCUT2D eigenvalue weighted by Crippen LogP contribution is 2.37. The zero-order valence-electron chi connectivity index (χ0n) is 18.0. The smallest absolute Gasteiger partial charge is 0.313 e. The van der Waals surface area contributed by atoms with Crippen LogP contribution in [-0.4, -0.2) is 61.4 Å². The highest BCUT2D eigenvalue weighted by molar-refractivity contribution is 5.84. The van der Waals surface area contributed by atoms with Crippen molar-refractivity contribution in [3.63, 3.8) is 0 Å². The van der Waals surface area contributed by atoms with Crippen LogP contribution in [0.3, 0.4) is 0 Å². The third kappa shape index (κ3) is 6.58. The van der Waals surface area contributed by atoms with Crippen LogP contribution >= 0.6 is 0 Å². The Labute approximate surface area is 174 Å². The fourth-order valence-electron chi connectivity index (χ4n) is 3.97. The van der Waals surface area contributed by atoms with E-state index in [-0.39, 0.29) is 30.6 Å². The maximum absolute atomic E-state index is 12.9. The molecule has 6 heteroatoms. The molecule has 1 atom stereocenters. The van der Waals surface area contributed by atoms with Crippen molar-refractivity contribution >= 4 is 17.8 Å². The first kappa shape index (κ1) is 22.9. The highest BCUT2D eigenvalue weighted by Gasteiger charge is 2.44. The number of ether oxygens (including phenoxy) is 1. The van der Waals surface area contributed by atoms with Crippen molar-refractivity contribution in [3.8, 4) is 0 Å². The van der Waals surface area contributed by atoms with E-state index in [1.54, 1.807) is 19.0 Å². The molecule has 1 aliphatic heterocycles. The number of likely N-dealkylation sites (tertiary alicyclic amines) is 1. The summed E-state index contributed by atoms with van der Waals surface area (Å²) in [5.74, 6) is -0.318. The maximum atomic E-state index is 12.9. The summed E-state index contributed by atoms with van der Waals surface area (Å²) in [5, 5.41) is 0. The summed E-state index contributed by atoms with van der Waals surface area (Å²) in [6.45, 7) is 3.17. The molecule has 6 nitrogen and oxygen atoms in total. The average molecular weight is 403 g/mol. The summed E-state index contributed by atoms with van der Waals surface area (Å²) < 4.78 is 5.41. The summed E-state index contributed by atoms with van der Waals surface area (Å²) in [7, 11) is 3.37. The fourth-order valence-corrected chi connectivity index (χ4v) is 3.97. The largest absolute Gasteiger partial charge is 0.466 e. The second-order valence-electron chi connectivity index (χ2n) is 8.05. The number of esters is 1. The number of nitrogens with zero attached hydrogens (tertiary/aromatic N) is 2. The first-order valence-electron chi connectivity index (χ1n) is 10.6. The summed E-state index contributed by atoms with van der Waals surface area (Å²) in [6.07, 6.45) is 4.35. The van der Waals surface area contributed by atoms with Gasteiger partial charge in [0, 0.05) is 40.0 Å². The topological polar surface area (TPSA) is 66.9 Å². The second-order valence-corrected chi connectivity index (χ2v) is 8.05. The van der Waals surface area contributed by atoms with Gasteiger partial charge in [-0.3, -0.25) is 14.4 Å². The number of amides is 2. The fraction of sp³-hybridized carbons (Fsp3) is 0.609. The highest BCUT2D eigenvalue weighted by atomic mass is 16.5. The van der Waals surface area contributed by atoms with Crippen LogP contribution in [0.15, 0.2) is 30.3 Å². The number of carbonyl (C=O) groups is 3. The van der Waals surface area contributed by atoms with E-state index in [1.807, 2.05) is 25.1 Å². The Morgan fingerprint density at radius 1 is 1.14 bits per heavy atom. The lowest BCUT2D eigenvalue weighted by Crippen LogP contribution is -2.50. The van der Waals surface area contributed by atoms with E-state index in [2.05, 4.69) is 12.1 Å². The monoisotopic (exact) mass is 402 g/mol. The lowest BCUT2D eigenvalue weighted by atomic mass is 9.75.